The molecule has 1 aliphatic heterocycles. The number of anilines is 1. The molecule has 0 aromatic carbocycles. The van der Waals surface area contributed by atoms with Gasteiger partial charge in [0.1, 0.15) is 0 Å². The maximum absolute atomic E-state index is 12.4. The summed E-state index contributed by atoms with van der Waals surface area (Å²) in [5, 5.41) is 7.61. The van der Waals surface area contributed by atoms with Crippen LogP contribution in [0.25, 0.3) is 0 Å². The molecule has 3 rings (SSSR count). The van der Waals surface area contributed by atoms with Crippen LogP contribution in [-0.2, 0) is 14.1 Å². The Kier molecular flexibility index (Phi) is 3.84. The van der Waals surface area contributed by atoms with Gasteiger partial charge in [-0.05, 0) is 44.7 Å². The topological polar surface area (TPSA) is 72.2 Å². The van der Waals surface area contributed by atoms with E-state index in [4.69, 9.17) is 0 Å². The Bertz CT molecular complexity index is 625. The van der Waals surface area contributed by atoms with Gasteiger partial charge in [-0.15, -0.1) is 5.10 Å². The first kappa shape index (κ1) is 14.3. The number of aryl methyl sites for hydroxylation is 1. The zero-order valence-corrected chi connectivity index (χ0v) is 12.7. The quantitative estimate of drug-likeness (QED) is 0.806. The van der Waals surface area contributed by atoms with Crippen molar-refractivity contribution in [2.45, 2.75) is 31.7 Å². The van der Waals surface area contributed by atoms with Gasteiger partial charge in [-0.3, -0.25) is 9.36 Å². The van der Waals surface area contributed by atoms with Crippen molar-refractivity contribution in [3.63, 3.8) is 0 Å². The molecule has 2 aliphatic rings. The van der Waals surface area contributed by atoms with Gasteiger partial charge in [0.05, 0.1) is 0 Å². The molecule has 0 bridgehead atoms. The van der Waals surface area contributed by atoms with Crippen LogP contribution < -0.4 is 21.5 Å². The largest absolute Gasteiger partial charge is 0.347 e. The Labute approximate surface area is 123 Å². The molecule has 1 saturated heterocycles. The van der Waals surface area contributed by atoms with Gasteiger partial charge in [-0.2, -0.15) is 0 Å². The molecule has 7 heteroatoms. The average Bonchev–Trinajstić information content (AvgIpc) is 3.32. The summed E-state index contributed by atoms with van der Waals surface area (Å²) >= 11 is 0. The number of nitrogens with one attached hydrogen (secondary N) is 1. The monoisotopic (exact) mass is 293 g/mol. The summed E-state index contributed by atoms with van der Waals surface area (Å²) < 4.78 is 2.41. The highest BCUT2D eigenvalue weighted by molar-refractivity contribution is 5.38. The Balaban J connectivity index is 1.90. The second-order valence-corrected chi connectivity index (χ2v) is 6.17. The summed E-state index contributed by atoms with van der Waals surface area (Å²) in [4.78, 5) is 26.3. The number of nitrogens with zero attached hydrogens (tertiary/aromatic N) is 4. The van der Waals surface area contributed by atoms with E-state index in [0.717, 1.165) is 49.9 Å². The van der Waals surface area contributed by atoms with Crippen molar-refractivity contribution in [2.75, 3.05) is 24.5 Å². The standard InChI is InChI=1S/C14H23N5O2/c1-17-13(20)12(16-18(2)14(17)21)19(11-3-4-11)9-10-5-7-15-8-6-10/h10-11,15H,3-9H2,1-2H3. The zero-order chi connectivity index (χ0) is 15.0. The summed E-state index contributed by atoms with van der Waals surface area (Å²) in [5.41, 5.74) is -0.653. The third kappa shape index (κ3) is 2.88. The van der Waals surface area contributed by atoms with Crippen LogP contribution in [0.4, 0.5) is 5.82 Å². The predicted molar refractivity (Wildman–Crippen MR) is 80.7 cm³/mol. The average molecular weight is 293 g/mol. The van der Waals surface area contributed by atoms with Crippen LogP contribution in [0.3, 0.4) is 0 Å². The lowest BCUT2D eigenvalue weighted by atomic mass is 9.97. The Hall–Kier alpha value is -1.63. The number of hydrogen-bond acceptors (Lipinski definition) is 5. The fourth-order valence-electron chi connectivity index (χ4n) is 3.00. The van der Waals surface area contributed by atoms with E-state index in [1.165, 1.54) is 11.7 Å². The van der Waals surface area contributed by atoms with Crippen molar-refractivity contribution in [3.05, 3.63) is 20.8 Å². The highest BCUT2D eigenvalue weighted by Gasteiger charge is 2.34. The van der Waals surface area contributed by atoms with Gasteiger partial charge in [-0.1, -0.05) is 0 Å². The highest BCUT2D eigenvalue weighted by Crippen LogP contribution is 2.30. The second-order valence-electron chi connectivity index (χ2n) is 6.17. The molecule has 1 aromatic heterocycles. The number of aromatic nitrogens is 3. The van der Waals surface area contributed by atoms with Gasteiger partial charge < -0.3 is 10.2 Å². The first-order valence-electron chi connectivity index (χ1n) is 7.69. The first-order chi connectivity index (χ1) is 10.1. The Morgan fingerprint density at radius 1 is 1.19 bits per heavy atom. The molecule has 0 amide bonds. The SMILES string of the molecule is Cn1nc(N(CC2CCNCC2)C2CC2)c(=O)n(C)c1=O. The summed E-state index contributed by atoms with van der Waals surface area (Å²) in [5.74, 6) is 1.02. The maximum Gasteiger partial charge on any atom is 0.346 e. The van der Waals surface area contributed by atoms with Crippen molar-refractivity contribution in [1.29, 1.82) is 0 Å². The van der Waals surface area contributed by atoms with E-state index in [0.29, 0.717) is 17.8 Å². The van der Waals surface area contributed by atoms with Crippen LogP contribution in [0, 0.1) is 5.92 Å². The van der Waals surface area contributed by atoms with Crippen LogP contribution in [-0.4, -0.2) is 40.0 Å². The molecule has 1 aliphatic carbocycles. The van der Waals surface area contributed by atoms with Crippen LogP contribution in [0.2, 0.25) is 0 Å². The molecule has 0 unspecified atom stereocenters. The van der Waals surface area contributed by atoms with Crippen molar-refractivity contribution < 1.29 is 0 Å². The van der Waals surface area contributed by atoms with Gasteiger partial charge >= 0.3 is 5.69 Å². The molecule has 0 atom stereocenters. The molecule has 2 fully saturated rings. The predicted octanol–water partition coefficient (Wildman–Crippen LogP) is -0.553. The van der Waals surface area contributed by atoms with E-state index in [1.807, 2.05) is 0 Å². The Morgan fingerprint density at radius 3 is 2.48 bits per heavy atom. The minimum absolute atomic E-state index is 0.279. The molecule has 7 nitrogen and oxygen atoms in total. The van der Waals surface area contributed by atoms with Gasteiger partial charge in [-0.25, -0.2) is 9.48 Å². The number of rotatable bonds is 4. The minimum Gasteiger partial charge on any atom is -0.347 e. The molecule has 1 aromatic rings. The lowest BCUT2D eigenvalue weighted by molar-refractivity contribution is 0.370. The summed E-state index contributed by atoms with van der Waals surface area (Å²) in [7, 11) is 3.12. The molecule has 21 heavy (non-hydrogen) atoms. The van der Waals surface area contributed by atoms with E-state index in [2.05, 4.69) is 15.3 Å². The molecule has 1 saturated carbocycles. The molecule has 116 valence electrons. The molecule has 1 N–H and O–H groups in total. The van der Waals surface area contributed by atoms with E-state index in [1.54, 1.807) is 7.05 Å². The van der Waals surface area contributed by atoms with Crippen molar-refractivity contribution >= 4 is 5.82 Å². The van der Waals surface area contributed by atoms with E-state index in [-0.39, 0.29) is 11.2 Å². The molecular formula is C14H23N5O2. The van der Waals surface area contributed by atoms with E-state index in [9.17, 15) is 9.59 Å². The fraction of sp³-hybridized carbons (Fsp3) is 0.786. The maximum atomic E-state index is 12.4. The molecular weight excluding hydrogens is 270 g/mol. The lowest BCUT2D eigenvalue weighted by Crippen LogP contribution is -2.45. The summed E-state index contributed by atoms with van der Waals surface area (Å²) in [6.07, 6.45) is 4.49. The van der Waals surface area contributed by atoms with Crippen molar-refractivity contribution in [3.8, 4) is 0 Å². The molecule has 0 spiro atoms. The molecule has 0 radical (unpaired) electrons. The van der Waals surface area contributed by atoms with Crippen LogP contribution in [0.1, 0.15) is 25.7 Å². The van der Waals surface area contributed by atoms with Gasteiger partial charge in [0, 0.05) is 26.7 Å². The van der Waals surface area contributed by atoms with E-state index >= 15 is 0 Å². The van der Waals surface area contributed by atoms with Crippen molar-refractivity contribution in [1.82, 2.24) is 19.7 Å². The number of hydrogen-bond donors (Lipinski definition) is 1. The zero-order valence-electron chi connectivity index (χ0n) is 12.7. The normalized spacial score (nSPS) is 19.7. The summed E-state index contributed by atoms with van der Waals surface area (Å²) in [6, 6.07) is 0.414. The fourth-order valence-corrected chi connectivity index (χ4v) is 3.00. The lowest BCUT2D eigenvalue weighted by Gasteiger charge is -2.30. The van der Waals surface area contributed by atoms with Gasteiger partial charge in [0.25, 0.3) is 5.56 Å². The number of piperidine rings is 1. The van der Waals surface area contributed by atoms with Crippen molar-refractivity contribution in [2.24, 2.45) is 20.0 Å². The molecule has 2 heterocycles. The third-order valence-corrected chi connectivity index (χ3v) is 4.48. The third-order valence-electron chi connectivity index (χ3n) is 4.48. The highest BCUT2D eigenvalue weighted by atomic mass is 16.2. The van der Waals surface area contributed by atoms with Gasteiger partial charge in [0.15, 0.2) is 0 Å². The smallest absolute Gasteiger partial charge is 0.346 e. The van der Waals surface area contributed by atoms with E-state index < -0.39 is 0 Å². The summed E-state index contributed by atoms with van der Waals surface area (Å²) in [6.45, 7) is 2.95. The second kappa shape index (κ2) is 5.63. The van der Waals surface area contributed by atoms with Crippen LogP contribution >= 0.6 is 0 Å². The minimum atomic E-state index is -0.374. The van der Waals surface area contributed by atoms with Crippen LogP contribution in [0.5, 0.6) is 0 Å². The Morgan fingerprint density at radius 2 is 1.86 bits per heavy atom. The van der Waals surface area contributed by atoms with Crippen LogP contribution in [0.15, 0.2) is 9.59 Å². The first-order valence-corrected chi connectivity index (χ1v) is 7.69. The van der Waals surface area contributed by atoms with Gasteiger partial charge in [0.2, 0.25) is 5.82 Å².